The van der Waals surface area contributed by atoms with Crippen LogP contribution in [0.4, 0.5) is 0 Å². The van der Waals surface area contributed by atoms with E-state index in [4.69, 9.17) is 0 Å². The van der Waals surface area contributed by atoms with Crippen LogP contribution in [0.1, 0.15) is 0 Å². The van der Waals surface area contributed by atoms with Crippen molar-refractivity contribution in [2.24, 2.45) is 0 Å². The van der Waals surface area contributed by atoms with E-state index in [0.29, 0.717) is 0 Å². The van der Waals surface area contributed by atoms with E-state index in [1.165, 1.54) is 6.33 Å². The summed E-state index contributed by atoms with van der Waals surface area (Å²) < 4.78 is 0.787. The third kappa shape index (κ3) is 5.08. The van der Waals surface area contributed by atoms with Gasteiger partial charge in [-0.25, -0.2) is 0 Å². The maximum Gasteiger partial charge on any atom is 2.00 e. The van der Waals surface area contributed by atoms with Crippen LogP contribution < -0.4 is 12.4 Å². The molecule has 9 heavy (non-hydrogen) atoms. The van der Waals surface area contributed by atoms with Crippen LogP contribution in [0.3, 0.4) is 0 Å². The van der Waals surface area contributed by atoms with Gasteiger partial charge in [0.05, 0.1) is 0 Å². The van der Waals surface area contributed by atoms with Crippen molar-refractivity contribution in [2.45, 2.75) is 0 Å². The number of hydrogen-bond donors (Lipinski definition) is 0. The van der Waals surface area contributed by atoms with Crippen molar-refractivity contribution < 1.29 is 12.4 Å². The second-order valence-corrected chi connectivity index (χ2v) is 1.84. The molecular weight excluding hydrogens is 216 g/mol. The average molecular weight is 218 g/mol. The molecule has 0 saturated heterocycles. The average Bonchev–Trinajstić information content (AvgIpc) is 1.69. The summed E-state index contributed by atoms with van der Waals surface area (Å²) in [5.41, 5.74) is 0. The second kappa shape index (κ2) is 6.73. The van der Waals surface area contributed by atoms with Gasteiger partial charge in [-0.05, 0) is 6.33 Å². The van der Waals surface area contributed by atoms with Crippen molar-refractivity contribution in [2.75, 3.05) is 0 Å². The molecule has 0 atom stereocenters. The summed E-state index contributed by atoms with van der Waals surface area (Å²) in [7, 11) is 0. The zero-order valence-electron chi connectivity index (χ0n) is 4.51. The Labute approximate surface area is 84.2 Å². The molecule has 1 heterocycles. The van der Waals surface area contributed by atoms with Crippen LogP contribution in [0.25, 0.3) is 0 Å². The van der Waals surface area contributed by atoms with Gasteiger partial charge in [-0.3, -0.25) is 0 Å². The standard InChI is InChI=1S/C4H2BrN2.ClH.Mg/c5-4-1-6-3-7-2-4;;/h1,3H;1H;/q-1;;+2/p-1. The Morgan fingerprint density at radius 2 is 2.22 bits per heavy atom. The van der Waals surface area contributed by atoms with Crippen molar-refractivity contribution in [3.05, 3.63) is 23.2 Å². The fourth-order valence-electron chi connectivity index (χ4n) is 0.252. The topological polar surface area (TPSA) is 25.8 Å². The van der Waals surface area contributed by atoms with Crippen molar-refractivity contribution in [3.63, 3.8) is 0 Å². The van der Waals surface area contributed by atoms with Gasteiger partial charge in [-0.1, -0.05) is 32.8 Å². The first-order valence-corrected chi connectivity index (χ1v) is 2.52. The third-order valence-corrected chi connectivity index (χ3v) is 0.866. The Kier molecular flexibility index (Phi) is 9.21. The predicted molar refractivity (Wildman–Crippen MR) is 34.3 cm³/mol. The molecule has 1 aromatic rings. The molecule has 0 amide bonds. The molecule has 0 aliphatic heterocycles. The van der Waals surface area contributed by atoms with Crippen molar-refractivity contribution in [1.82, 2.24) is 9.97 Å². The smallest absolute Gasteiger partial charge is 1.00 e. The summed E-state index contributed by atoms with van der Waals surface area (Å²) in [5, 5.41) is 0. The van der Waals surface area contributed by atoms with Crippen molar-refractivity contribution in [3.8, 4) is 0 Å². The first kappa shape index (κ1) is 12.3. The third-order valence-electron chi connectivity index (χ3n) is 0.484. The minimum Gasteiger partial charge on any atom is -1.00 e. The van der Waals surface area contributed by atoms with E-state index < -0.39 is 0 Å². The zero-order chi connectivity index (χ0) is 5.11. The van der Waals surface area contributed by atoms with Gasteiger partial charge in [-0.2, -0.15) is 0 Å². The Hall–Kier alpha value is 0.616. The molecule has 0 fully saturated rings. The van der Waals surface area contributed by atoms with Crippen LogP contribution in [0.2, 0.25) is 0 Å². The maximum atomic E-state index is 3.70. The Morgan fingerprint density at radius 3 is 2.44 bits per heavy atom. The van der Waals surface area contributed by atoms with Crippen LogP contribution in [-0.2, 0) is 0 Å². The molecule has 1 aromatic heterocycles. The first-order chi connectivity index (χ1) is 3.39. The van der Waals surface area contributed by atoms with E-state index in [1.54, 1.807) is 6.20 Å². The minimum absolute atomic E-state index is 0. The quantitative estimate of drug-likeness (QED) is 0.360. The van der Waals surface area contributed by atoms with Gasteiger partial charge < -0.3 is 22.4 Å². The Balaban J connectivity index is 0. The van der Waals surface area contributed by atoms with Gasteiger partial charge in [0.25, 0.3) is 0 Å². The number of aromatic nitrogens is 2. The molecular formula is C4H2BrClMgN2. The summed E-state index contributed by atoms with van der Waals surface area (Å²) >= 11 is 3.13. The molecule has 0 spiro atoms. The Morgan fingerprint density at radius 1 is 1.56 bits per heavy atom. The van der Waals surface area contributed by atoms with E-state index in [9.17, 15) is 0 Å². The monoisotopic (exact) mass is 216 g/mol. The van der Waals surface area contributed by atoms with E-state index in [2.05, 4.69) is 32.1 Å². The van der Waals surface area contributed by atoms with Gasteiger partial charge in [0.15, 0.2) is 0 Å². The number of rotatable bonds is 0. The molecule has 0 N–H and O–H groups in total. The number of nitrogens with zero attached hydrogens (tertiary/aromatic N) is 2. The molecule has 0 saturated carbocycles. The van der Waals surface area contributed by atoms with Crippen molar-refractivity contribution >= 4 is 39.0 Å². The molecule has 44 valence electrons. The van der Waals surface area contributed by atoms with Gasteiger partial charge >= 0.3 is 23.1 Å². The fourth-order valence-corrected chi connectivity index (χ4v) is 0.472. The van der Waals surface area contributed by atoms with Gasteiger partial charge in [0, 0.05) is 0 Å². The molecule has 0 aliphatic carbocycles. The summed E-state index contributed by atoms with van der Waals surface area (Å²) in [6.45, 7) is 0. The van der Waals surface area contributed by atoms with Gasteiger partial charge in [0.2, 0.25) is 0 Å². The molecule has 1 rings (SSSR count). The molecule has 0 aromatic carbocycles. The van der Waals surface area contributed by atoms with Gasteiger partial charge in [0.1, 0.15) is 0 Å². The first-order valence-electron chi connectivity index (χ1n) is 1.73. The molecule has 0 bridgehead atoms. The Bertz CT molecular complexity index is 148. The maximum absolute atomic E-state index is 3.70. The van der Waals surface area contributed by atoms with Crippen LogP contribution in [0, 0.1) is 6.20 Å². The SMILES string of the molecule is Brc1[c-]ncnc1.[Cl-].[Mg+2]. The molecule has 2 nitrogen and oxygen atoms in total. The second-order valence-electron chi connectivity index (χ2n) is 0.982. The minimum atomic E-state index is 0. The van der Waals surface area contributed by atoms with E-state index in [0.717, 1.165) is 4.47 Å². The summed E-state index contributed by atoms with van der Waals surface area (Å²) in [4.78, 5) is 7.30. The predicted octanol–water partition coefficient (Wildman–Crippen LogP) is -2.34. The number of halogens is 2. The molecule has 0 radical (unpaired) electrons. The summed E-state index contributed by atoms with van der Waals surface area (Å²) in [6.07, 6.45) is 5.70. The van der Waals surface area contributed by atoms with Crippen LogP contribution >= 0.6 is 15.9 Å². The van der Waals surface area contributed by atoms with E-state index in [1.807, 2.05) is 0 Å². The van der Waals surface area contributed by atoms with Crippen LogP contribution in [0.5, 0.6) is 0 Å². The van der Waals surface area contributed by atoms with E-state index in [-0.39, 0.29) is 35.5 Å². The zero-order valence-corrected chi connectivity index (χ0v) is 8.27. The summed E-state index contributed by atoms with van der Waals surface area (Å²) in [6, 6.07) is 0. The number of hydrogen-bond acceptors (Lipinski definition) is 2. The largest absolute Gasteiger partial charge is 2.00 e. The van der Waals surface area contributed by atoms with E-state index >= 15 is 0 Å². The molecule has 5 heteroatoms. The van der Waals surface area contributed by atoms with Crippen molar-refractivity contribution in [1.29, 1.82) is 0 Å². The van der Waals surface area contributed by atoms with Crippen LogP contribution in [-0.4, -0.2) is 33.0 Å². The normalized spacial score (nSPS) is 6.78. The van der Waals surface area contributed by atoms with Gasteiger partial charge in [-0.15, -0.1) is 0 Å². The fraction of sp³-hybridized carbons (Fsp3) is 0. The molecule has 0 aliphatic rings. The molecule has 0 unspecified atom stereocenters. The van der Waals surface area contributed by atoms with Crippen LogP contribution in [0.15, 0.2) is 17.0 Å². The summed E-state index contributed by atoms with van der Waals surface area (Å²) in [5.74, 6) is 0.